The van der Waals surface area contributed by atoms with Crippen LogP contribution in [0.15, 0.2) is 18.7 Å². The van der Waals surface area contributed by atoms with E-state index < -0.39 is 31.1 Å². The molecular weight excluding hydrogens is 354 g/mol. The fraction of sp³-hybridized carbons (Fsp3) is 0.500. The van der Waals surface area contributed by atoms with Crippen molar-refractivity contribution in [3.05, 3.63) is 18.7 Å². The van der Waals surface area contributed by atoms with Crippen molar-refractivity contribution < 1.29 is 20.1 Å². The third-order valence-electron chi connectivity index (χ3n) is 4.63. The van der Waals surface area contributed by atoms with E-state index in [0.29, 0.717) is 22.6 Å². The summed E-state index contributed by atoms with van der Waals surface area (Å²) in [4.78, 5) is 13.0. The van der Waals surface area contributed by atoms with E-state index in [0.717, 1.165) is 0 Å². The summed E-state index contributed by atoms with van der Waals surface area (Å²) in [6, 6.07) is 0.185. The topological polar surface area (TPSA) is 157 Å². The summed E-state index contributed by atoms with van der Waals surface area (Å²) in [6.45, 7) is 3.59. The standard InChI is InChI=1S/C16H21N7O4/c1-7(2)23-4-8(3-19-23)14-20-13(17)10-15(21-14)22(6-18-10)16-12(26)11(25)9(5-24)27-16/h3-4,6-7,9,11-12,16,24-26H,5H2,1-2H3,(H2,17,20,21)/t9?,11-,12-,16-/m1/s1. The predicted octanol–water partition coefficient (Wildman–Crippen LogP) is -0.536. The highest BCUT2D eigenvalue weighted by Gasteiger charge is 2.44. The number of anilines is 1. The van der Waals surface area contributed by atoms with Crippen LogP contribution in [0.1, 0.15) is 26.1 Å². The molecule has 1 aliphatic heterocycles. The van der Waals surface area contributed by atoms with Crippen molar-refractivity contribution in [2.45, 2.75) is 44.4 Å². The van der Waals surface area contributed by atoms with Gasteiger partial charge in [-0.1, -0.05) is 0 Å². The van der Waals surface area contributed by atoms with E-state index in [1.54, 1.807) is 10.9 Å². The molecule has 4 atom stereocenters. The Labute approximate surface area is 154 Å². The molecule has 144 valence electrons. The summed E-state index contributed by atoms with van der Waals surface area (Å²) in [5, 5.41) is 33.9. The number of fused-ring (bicyclic) bond motifs is 1. The first-order chi connectivity index (χ1) is 12.9. The molecule has 0 radical (unpaired) electrons. The van der Waals surface area contributed by atoms with Gasteiger partial charge >= 0.3 is 0 Å². The van der Waals surface area contributed by atoms with Crippen LogP contribution < -0.4 is 5.73 Å². The second kappa shape index (κ2) is 6.53. The van der Waals surface area contributed by atoms with Gasteiger partial charge in [-0.25, -0.2) is 15.0 Å². The highest BCUT2D eigenvalue weighted by molar-refractivity contribution is 5.83. The van der Waals surface area contributed by atoms with E-state index in [9.17, 15) is 15.3 Å². The Morgan fingerprint density at radius 1 is 1.26 bits per heavy atom. The van der Waals surface area contributed by atoms with Crippen molar-refractivity contribution in [1.82, 2.24) is 29.3 Å². The number of rotatable bonds is 4. The van der Waals surface area contributed by atoms with E-state index in [1.807, 2.05) is 20.0 Å². The quantitative estimate of drug-likeness (QED) is 0.470. The van der Waals surface area contributed by atoms with Gasteiger partial charge in [-0.15, -0.1) is 0 Å². The van der Waals surface area contributed by atoms with E-state index >= 15 is 0 Å². The number of nitrogens with zero attached hydrogens (tertiary/aromatic N) is 6. The summed E-state index contributed by atoms with van der Waals surface area (Å²) >= 11 is 0. The van der Waals surface area contributed by atoms with Gasteiger partial charge in [-0.3, -0.25) is 9.25 Å². The molecule has 1 fully saturated rings. The predicted molar refractivity (Wildman–Crippen MR) is 94.4 cm³/mol. The maximum absolute atomic E-state index is 10.3. The van der Waals surface area contributed by atoms with Crippen LogP contribution in [0.2, 0.25) is 0 Å². The minimum absolute atomic E-state index is 0.179. The highest BCUT2D eigenvalue weighted by atomic mass is 16.6. The summed E-state index contributed by atoms with van der Waals surface area (Å²) in [6.07, 6.45) is 0.556. The van der Waals surface area contributed by atoms with Gasteiger partial charge in [-0.2, -0.15) is 5.10 Å². The number of nitrogens with two attached hydrogens (primary N) is 1. The number of ether oxygens (including phenoxy) is 1. The molecule has 11 heteroatoms. The van der Waals surface area contributed by atoms with Gasteiger partial charge in [0.2, 0.25) is 0 Å². The molecule has 11 nitrogen and oxygen atoms in total. The summed E-state index contributed by atoms with van der Waals surface area (Å²) in [5.74, 6) is 0.540. The van der Waals surface area contributed by atoms with E-state index in [2.05, 4.69) is 20.1 Å². The number of hydrogen-bond acceptors (Lipinski definition) is 9. The van der Waals surface area contributed by atoms with Crippen molar-refractivity contribution >= 4 is 17.0 Å². The maximum Gasteiger partial charge on any atom is 0.168 e. The van der Waals surface area contributed by atoms with E-state index in [-0.39, 0.29) is 11.9 Å². The van der Waals surface area contributed by atoms with Crippen LogP contribution in [0.25, 0.3) is 22.6 Å². The molecule has 0 spiro atoms. The molecule has 1 aliphatic rings. The minimum Gasteiger partial charge on any atom is -0.394 e. The van der Waals surface area contributed by atoms with Gasteiger partial charge in [0, 0.05) is 12.2 Å². The minimum atomic E-state index is -1.25. The van der Waals surface area contributed by atoms with Gasteiger partial charge in [0.1, 0.15) is 23.8 Å². The molecule has 0 amide bonds. The molecular formula is C16H21N7O4. The summed E-state index contributed by atoms with van der Waals surface area (Å²) in [7, 11) is 0. The Hall–Kier alpha value is -2.60. The molecule has 4 heterocycles. The van der Waals surface area contributed by atoms with Crippen LogP contribution in [0, 0.1) is 0 Å². The molecule has 0 aromatic carbocycles. The molecule has 1 unspecified atom stereocenters. The Balaban J connectivity index is 1.78. The zero-order valence-corrected chi connectivity index (χ0v) is 14.8. The number of hydrogen-bond donors (Lipinski definition) is 4. The highest BCUT2D eigenvalue weighted by Crippen LogP contribution is 2.32. The van der Waals surface area contributed by atoms with Gasteiger partial charge in [0.15, 0.2) is 23.5 Å². The molecule has 3 aromatic heterocycles. The van der Waals surface area contributed by atoms with E-state index in [4.69, 9.17) is 10.5 Å². The fourth-order valence-corrected chi connectivity index (χ4v) is 3.10. The third-order valence-corrected chi connectivity index (χ3v) is 4.63. The molecule has 0 saturated carbocycles. The summed E-state index contributed by atoms with van der Waals surface area (Å²) < 4.78 is 8.82. The Bertz CT molecular complexity index is 969. The summed E-state index contributed by atoms with van der Waals surface area (Å²) in [5.41, 5.74) is 7.43. The van der Waals surface area contributed by atoms with Crippen LogP contribution in [-0.2, 0) is 4.74 Å². The second-order valence-corrected chi connectivity index (χ2v) is 6.79. The first kappa shape index (κ1) is 17.8. The maximum atomic E-state index is 10.3. The normalized spacial score (nSPS) is 25.7. The van der Waals surface area contributed by atoms with Gasteiger partial charge < -0.3 is 25.8 Å². The first-order valence-corrected chi connectivity index (χ1v) is 8.57. The molecule has 27 heavy (non-hydrogen) atoms. The number of aliphatic hydroxyl groups excluding tert-OH is 3. The number of imidazole rings is 1. The lowest BCUT2D eigenvalue weighted by Gasteiger charge is -2.16. The van der Waals surface area contributed by atoms with Crippen molar-refractivity contribution in [3.8, 4) is 11.4 Å². The zero-order chi connectivity index (χ0) is 19.3. The third kappa shape index (κ3) is 2.84. The molecule has 0 aliphatic carbocycles. The van der Waals surface area contributed by atoms with Gasteiger partial charge in [0.05, 0.1) is 24.7 Å². The Morgan fingerprint density at radius 2 is 2.04 bits per heavy atom. The Kier molecular flexibility index (Phi) is 4.30. The largest absolute Gasteiger partial charge is 0.394 e. The second-order valence-electron chi connectivity index (χ2n) is 6.79. The average Bonchev–Trinajstić information content (AvgIpc) is 3.34. The lowest BCUT2D eigenvalue weighted by molar-refractivity contribution is -0.0511. The van der Waals surface area contributed by atoms with Crippen molar-refractivity contribution in [1.29, 1.82) is 0 Å². The molecule has 5 N–H and O–H groups in total. The van der Waals surface area contributed by atoms with Crippen LogP contribution in [0.5, 0.6) is 0 Å². The lowest BCUT2D eigenvalue weighted by Crippen LogP contribution is -2.33. The first-order valence-electron chi connectivity index (χ1n) is 8.57. The number of aliphatic hydroxyl groups is 3. The average molecular weight is 375 g/mol. The van der Waals surface area contributed by atoms with Gasteiger partial charge in [-0.05, 0) is 13.8 Å². The Morgan fingerprint density at radius 3 is 2.67 bits per heavy atom. The number of aromatic nitrogens is 6. The van der Waals surface area contributed by atoms with Crippen LogP contribution in [0.4, 0.5) is 5.82 Å². The van der Waals surface area contributed by atoms with Crippen molar-refractivity contribution in [2.75, 3.05) is 12.3 Å². The monoisotopic (exact) mass is 375 g/mol. The van der Waals surface area contributed by atoms with Gasteiger partial charge in [0.25, 0.3) is 0 Å². The smallest absolute Gasteiger partial charge is 0.168 e. The van der Waals surface area contributed by atoms with Crippen molar-refractivity contribution in [2.24, 2.45) is 0 Å². The molecule has 1 saturated heterocycles. The fourth-order valence-electron chi connectivity index (χ4n) is 3.10. The lowest BCUT2D eigenvalue weighted by atomic mass is 10.1. The molecule has 0 bridgehead atoms. The van der Waals surface area contributed by atoms with Crippen molar-refractivity contribution in [3.63, 3.8) is 0 Å². The zero-order valence-electron chi connectivity index (χ0n) is 14.8. The van der Waals surface area contributed by atoms with E-state index in [1.165, 1.54) is 10.9 Å². The van der Waals surface area contributed by atoms with Crippen LogP contribution in [-0.4, -0.2) is 69.5 Å². The van der Waals surface area contributed by atoms with Crippen LogP contribution >= 0.6 is 0 Å². The SMILES string of the molecule is CC(C)n1cc(-c2nc(N)c3ncn([C@@H]4OC(CO)[C@@H](O)[C@H]4O)c3n2)cn1. The molecule has 4 rings (SSSR count). The number of nitrogen functional groups attached to an aromatic ring is 1. The van der Waals surface area contributed by atoms with Crippen LogP contribution in [0.3, 0.4) is 0 Å². The molecule has 3 aromatic rings.